The molecule has 76 valence electrons. The molecular weight excluding hydrogens is 174 g/mol. The van der Waals surface area contributed by atoms with E-state index in [2.05, 4.69) is 26.0 Å². The van der Waals surface area contributed by atoms with Crippen molar-refractivity contribution in [2.75, 3.05) is 7.11 Å². The predicted octanol–water partition coefficient (Wildman–Crippen LogP) is 2.26. The molecule has 1 aliphatic rings. The number of ether oxygens (including phenoxy) is 1. The Hall–Kier alpha value is -1.02. The monoisotopic (exact) mass is 191 g/mol. The van der Waals surface area contributed by atoms with Gasteiger partial charge in [0.15, 0.2) is 0 Å². The highest BCUT2D eigenvalue weighted by atomic mass is 16.5. The Labute approximate surface area is 85.1 Å². The summed E-state index contributed by atoms with van der Waals surface area (Å²) < 4.78 is 5.22. The third kappa shape index (κ3) is 1.40. The van der Waals surface area contributed by atoms with E-state index in [1.807, 2.05) is 0 Å². The molecule has 2 nitrogen and oxygen atoms in total. The molecule has 0 amide bonds. The van der Waals surface area contributed by atoms with E-state index in [0.29, 0.717) is 0 Å². The van der Waals surface area contributed by atoms with Crippen LogP contribution in [0.5, 0.6) is 5.75 Å². The van der Waals surface area contributed by atoms with Gasteiger partial charge in [-0.3, -0.25) is 0 Å². The highest BCUT2D eigenvalue weighted by Gasteiger charge is 2.42. The highest BCUT2D eigenvalue weighted by molar-refractivity contribution is 5.47. The van der Waals surface area contributed by atoms with Gasteiger partial charge in [-0.15, -0.1) is 0 Å². The fourth-order valence-corrected chi connectivity index (χ4v) is 2.21. The molecule has 1 aromatic carbocycles. The van der Waals surface area contributed by atoms with Crippen LogP contribution in [0.3, 0.4) is 0 Å². The number of hydrogen-bond acceptors (Lipinski definition) is 2. The molecule has 0 bridgehead atoms. The molecule has 1 aromatic rings. The van der Waals surface area contributed by atoms with Gasteiger partial charge in [0, 0.05) is 5.54 Å². The molecule has 2 rings (SSSR count). The van der Waals surface area contributed by atoms with Gasteiger partial charge in [0.05, 0.1) is 7.11 Å². The van der Waals surface area contributed by atoms with Crippen LogP contribution >= 0.6 is 0 Å². The maximum absolute atomic E-state index is 6.22. The second-order valence-electron chi connectivity index (χ2n) is 4.29. The van der Waals surface area contributed by atoms with Crippen molar-refractivity contribution in [3.8, 4) is 5.75 Å². The van der Waals surface area contributed by atoms with E-state index < -0.39 is 0 Å². The van der Waals surface area contributed by atoms with Crippen LogP contribution in [-0.4, -0.2) is 7.11 Å². The van der Waals surface area contributed by atoms with Gasteiger partial charge in [-0.25, -0.2) is 0 Å². The van der Waals surface area contributed by atoms with Gasteiger partial charge >= 0.3 is 0 Å². The van der Waals surface area contributed by atoms with E-state index in [9.17, 15) is 0 Å². The average molecular weight is 191 g/mol. The highest BCUT2D eigenvalue weighted by Crippen LogP contribution is 2.46. The summed E-state index contributed by atoms with van der Waals surface area (Å²) in [7, 11) is 1.70. The van der Waals surface area contributed by atoms with Crippen molar-refractivity contribution in [1.29, 1.82) is 0 Å². The molecule has 0 aromatic heterocycles. The largest absolute Gasteiger partial charge is 0.497 e. The Kier molecular flexibility index (Phi) is 2.04. The summed E-state index contributed by atoms with van der Waals surface area (Å²) >= 11 is 0. The van der Waals surface area contributed by atoms with E-state index in [0.717, 1.165) is 18.6 Å². The zero-order chi connectivity index (χ0) is 10.3. The first-order chi connectivity index (χ1) is 6.57. The Balaban J connectivity index is 2.50. The number of benzene rings is 1. The Bertz CT molecular complexity index is 344. The molecule has 0 radical (unpaired) electrons. The van der Waals surface area contributed by atoms with Crippen molar-refractivity contribution in [2.45, 2.75) is 32.2 Å². The number of hydrogen-bond donors (Lipinski definition) is 1. The molecular formula is C12H17NO. The molecule has 2 N–H and O–H groups in total. The second kappa shape index (κ2) is 2.99. The standard InChI is InChI=1S/C12H17NO/c1-8-6-10(14-3)7-9(2)11(8)12(13)4-5-12/h6-7H,4-5,13H2,1-3H3. The molecule has 0 aliphatic heterocycles. The maximum atomic E-state index is 6.22. The van der Waals surface area contributed by atoms with Gasteiger partial charge in [0.2, 0.25) is 0 Å². The number of aryl methyl sites for hydroxylation is 2. The lowest BCUT2D eigenvalue weighted by Gasteiger charge is -2.17. The number of rotatable bonds is 2. The van der Waals surface area contributed by atoms with Crippen LogP contribution in [0.4, 0.5) is 0 Å². The Morgan fingerprint density at radius 1 is 1.21 bits per heavy atom. The fourth-order valence-electron chi connectivity index (χ4n) is 2.21. The molecule has 0 unspecified atom stereocenters. The van der Waals surface area contributed by atoms with Crippen molar-refractivity contribution in [1.82, 2.24) is 0 Å². The summed E-state index contributed by atoms with van der Waals surface area (Å²) in [6, 6.07) is 4.13. The molecule has 2 heteroatoms. The minimum atomic E-state index is -0.0412. The van der Waals surface area contributed by atoms with E-state index >= 15 is 0 Å². The van der Waals surface area contributed by atoms with Gasteiger partial charge < -0.3 is 10.5 Å². The van der Waals surface area contributed by atoms with Crippen molar-refractivity contribution in [3.63, 3.8) is 0 Å². The van der Waals surface area contributed by atoms with Gasteiger partial charge in [0.25, 0.3) is 0 Å². The zero-order valence-electron chi connectivity index (χ0n) is 9.05. The van der Waals surface area contributed by atoms with Gasteiger partial charge in [-0.05, 0) is 55.5 Å². The van der Waals surface area contributed by atoms with E-state index in [1.54, 1.807) is 7.11 Å². The molecule has 14 heavy (non-hydrogen) atoms. The normalized spacial score (nSPS) is 18.0. The first-order valence-corrected chi connectivity index (χ1v) is 5.01. The van der Waals surface area contributed by atoms with Crippen molar-refractivity contribution in [2.24, 2.45) is 5.73 Å². The van der Waals surface area contributed by atoms with E-state index in [4.69, 9.17) is 10.5 Å². The molecule has 0 atom stereocenters. The van der Waals surface area contributed by atoms with Crippen LogP contribution in [0.2, 0.25) is 0 Å². The Morgan fingerprint density at radius 2 is 1.71 bits per heavy atom. The molecule has 1 saturated carbocycles. The van der Waals surface area contributed by atoms with Crippen molar-refractivity contribution in [3.05, 3.63) is 28.8 Å². The number of nitrogens with two attached hydrogens (primary N) is 1. The molecule has 0 saturated heterocycles. The summed E-state index contributed by atoms with van der Waals surface area (Å²) in [6.45, 7) is 4.22. The second-order valence-corrected chi connectivity index (χ2v) is 4.29. The lowest BCUT2D eigenvalue weighted by Crippen LogP contribution is -2.21. The fraction of sp³-hybridized carbons (Fsp3) is 0.500. The topological polar surface area (TPSA) is 35.2 Å². The lowest BCUT2D eigenvalue weighted by molar-refractivity contribution is 0.413. The molecule has 0 heterocycles. The summed E-state index contributed by atoms with van der Waals surface area (Å²) in [5, 5.41) is 0. The van der Waals surface area contributed by atoms with Crippen LogP contribution in [0.25, 0.3) is 0 Å². The lowest BCUT2D eigenvalue weighted by atomic mass is 9.94. The SMILES string of the molecule is COc1cc(C)c(C2(N)CC2)c(C)c1. The van der Waals surface area contributed by atoms with Gasteiger partial charge in [-0.1, -0.05) is 0 Å². The zero-order valence-corrected chi connectivity index (χ0v) is 9.05. The minimum absolute atomic E-state index is 0.0412. The summed E-state index contributed by atoms with van der Waals surface area (Å²) in [6.07, 6.45) is 2.22. The average Bonchev–Trinajstić information content (AvgIpc) is 2.82. The third-order valence-electron chi connectivity index (χ3n) is 3.03. The first kappa shape index (κ1) is 9.53. The maximum Gasteiger partial charge on any atom is 0.119 e. The molecule has 1 fully saturated rings. The van der Waals surface area contributed by atoms with E-state index in [1.165, 1.54) is 16.7 Å². The van der Waals surface area contributed by atoms with E-state index in [-0.39, 0.29) is 5.54 Å². The molecule has 1 aliphatic carbocycles. The van der Waals surface area contributed by atoms with Crippen LogP contribution in [0.15, 0.2) is 12.1 Å². The Morgan fingerprint density at radius 3 is 2.07 bits per heavy atom. The summed E-state index contributed by atoms with van der Waals surface area (Å²) in [5.74, 6) is 0.924. The quantitative estimate of drug-likeness (QED) is 0.778. The van der Waals surface area contributed by atoms with Gasteiger partial charge in [-0.2, -0.15) is 0 Å². The van der Waals surface area contributed by atoms with Crippen molar-refractivity contribution >= 4 is 0 Å². The summed E-state index contributed by atoms with van der Waals surface area (Å²) in [5.41, 5.74) is 10.0. The van der Waals surface area contributed by atoms with Crippen LogP contribution < -0.4 is 10.5 Å². The van der Waals surface area contributed by atoms with Crippen LogP contribution in [-0.2, 0) is 5.54 Å². The third-order valence-corrected chi connectivity index (χ3v) is 3.03. The smallest absolute Gasteiger partial charge is 0.119 e. The van der Waals surface area contributed by atoms with Crippen molar-refractivity contribution < 1.29 is 4.74 Å². The number of methoxy groups -OCH3 is 1. The first-order valence-electron chi connectivity index (χ1n) is 5.01. The summed E-state index contributed by atoms with van der Waals surface area (Å²) in [4.78, 5) is 0. The van der Waals surface area contributed by atoms with Crippen LogP contribution in [0.1, 0.15) is 29.5 Å². The molecule has 0 spiro atoms. The predicted molar refractivity (Wildman–Crippen MR) is 57.6 cm³/mol. The van der Waals surface area contributed by atoms with Crippen LogP contribution in [0, 0.1) is 13.8 Å². The minimum Gasteiger partial charge on any atom is -0.497 e. The van der Waals surface area contributed by atoms with Gasteiger partial charge in [0.1, 0.15) is 5.75 Å².